The Kier molecular flexibility index (Phi) is 3.36. The van der Waals surface area contributed by atoms with Crippen LogP contribution in [0.3, 0.4) is 0 Å². The third-order valence-corrected chi connectivity index (χ3v) is 3.87. The Bertz CT molecular complexity index is 595. The van der Waals surface area contributed by atoms with Gasteiger partial charge in [0.15, 0.2) is 11.4 Å². The molecule has 5 heteroatoms. The lowest BCUT2D eigenvalue weighted by Crippen LogP contribution is -2.44. The Morgan fingerprint density at radius 3 is 3.10 bits per heavy atom. The maximum absolute atomic E-state index is 12.2. The molecule has 1 aliphatic carbocycles. The molecule has 0 saturated carbocycles. The van der Waals surface area contributed by atoms with Crippen molar-refractivity contribution in [2.75, 3.05) is 6.61 Å². The SMILES string of the molecule is O=C1C=CC2(OC(=O)c3cccc(Cl)c3)CCOC2C1. The van der Waals surface area contributed by atoms with Crippen LogP contribution >= 0.6 is 11.6 Å². The van der Waals surface area contributed by atoms with Gasteiger partial charge in [-0.15, -0.1) is 0 Å². The lowest BCUT2D eigenvalue weighted by atomic mass is 9.86. The normalized spacial score (nSPS) is 28.2. The fourth-order valence-electron chi connectivity index (χ4n) is 2.57. The summed E-state index contributed by atoms with van der Waals surface area (Å²) in [5.74, 6) is -0.465. The molecule has 0 spiro atoms. The zero-order chi connectivity index (χ0) is 14.2. The molecular weight excluding hydrogens is 280 g/mol. The van der Waals surface area contributed by atoms with Gasteiger partial charge in [-0.1, -0.05) is 17.7 Å². The van der Waals surface area contributed by atoms with Gasteiger partial charge in [0.05, 0.1) is 12.2 Å². The fraction of sp³-hybridized carbons (Fsp3) is 0.333. The number of carbonyl (C=O) groups is 2. The molecule has 2 atom stereocenters. The quantitative estimate of drug-likeness (QED) is 0.786. The van der Waals surface area contributed by atoms with Crippen molar-refractivity contribution < 1.29 is 19.1 Å². The van der Waals surface area contributed by atoms with Crippen LogP contribution in [-0.2, 0) is 14.3 Å². The third-order valence-electron chi connectivity index (χ3n) is 3.64. The van der Waals surface area contributed by atoms with Gasteiger partial charge in [-0.3, -0.25) is 4.79 Å². The molecule has 1 aromatic rings. The van der Waals surface area contributed by atoms with E-state index in [4.69, 9.17) is 21.1 Å². The molecule has 2 unspecified atom stereocenters. The summed E-state index contributed by atoms with van der Waals surface area (Å²) in [6.07, 6.45) is 3.55. The number of fused-ring (bicyclic) bond motifs is 1. The highest BCUT2D eigenvalue weighted by molar-refractivity contribution is 6.30. The molecule has 2 aliphatic rings. The second kappa shape index (κ2) is 5.04. The number of rotatable bonds is 2. The van der Waals surface area contributed by atoms with Crippen LogP contribution in [0.5, 0.6) is 0 Å². The highest BCUT2D eigenvalue weighted by atomic mass is 35.5. The molecule has 20 heavy (non-hydrogen) atoms. The van der Waals surface area contributed by atoms with Crippen LogP contribution in [0.25, 0.3) is 0 Å². The highest BCUT2D eigenvalue weighted by Gasteiger charge is 2.48. The number of carbonyl (C=O) groups excluding carboxylic acids is 2. The standard InChI is InChI=1S/C15H13ClO4/c16-11-3-1-2-10(8-11)14(18)20-15-5-4-12(17)9-13(15)19-7-6-15/h1-5,8,13H,6-7,9H2. The van der Waals surface area contributed by atoms with Crippen LogP contribution in [0.1, 0.15) is 23.2 Å². The van der Waals surface area contributed by atoms with Gasteiger partial charge in [-0.05, 0) is 30.4 Å². The zero-order valence-electron chi connectivity index (χ0n) is 10.7. The van der Waals surface area contributed by atoms with Crippen molar-refractivity contribution in [3.63, 3.8) is 0 Å². The van der Waals surface area contributed by atoms with Crippen molar-refractivity contribution in [1.29, 1.82) is 0 Å². The second-order valence-corrected chi connectivity index (χ2v) is 5.40. The predicted molar refractivity (Wildman–Crippen MR) is 72.7 cm³/mol. The molecule has 1 aliphatic heterocycles. The van der Waals surface area contributed by atoms with Crippen molar-refractivity contribution in [1.82, 2.24) is 0 Å². The molecule has 3 rings (SSSR count). The minimum absolute atomic E-state index is 0.00803. The summed E-state index contributed by atoms with van der Waals surface area (Å²) in [6, 6.07) is 6.59. The summed E-state index contributed by atoms with van der Waals surface area (Å²) in [4.78, 5) is 23.7. The van der Waals surface area contributed by atoms with Crippen LogP contribution in [0.4, 0.5) is 0 Å². The average Bonchev–Trinajstić information content (AvgIpc) is 2.81. The van der Waals surface area contributed by atoms with Crippen molar-refractivity contribution in [2.24, 2.45) is 0 Å². The van der Waals surface area contributed by atoms with E-state index in [1.54, 1.807) is 30.3 Å². The van der Waals surface area contributed by atoms with Gasteiger partial charge in [-0.25, -0.2) is 4.79 Å². The molecule has 1 fully saturated rings. The maximum Gasteiger partial charge on any atom is 0.339 e. The zero-order valence-corrected chi connectivity index (χ0v) is 11.4. The molecule has 0 radical (unpaired) electrons. The minimum atomic E-state index is -0.826. The smallest absolute Gasteiger partial charge is 0.339 e. The van der Waals surface area contributed by atoms with Crippen molar-refractivity contribution >= 4 is 23.4 Å². The van der Waals surface area contributed by atoms with E-state index in [9.17, 15) is 9.59 Å². The van der Waals surface area contributed by atoms with Gasteiger partial charge in [-0.2, -0.15) is 0 Å². The van der Waals surface area contributed by atoms with E-state index >= 15 is 0 Å². The monoisotopic (exact) mass is 292 g/mol. The lowest BCUT2D eigenvalue weighted by Gasteiger charge is -2.32. The van der Waals surface area contributed by atoms with E-state index in [1.807, 2.05) is 0 Å². The Balaban J connectivity index is 1.84. The van der Waals surface area contributed by atoms with Crippen molar-refractivity contribution in [2.45, 2.75) is 24.5 Å². The fourth-order valence-corrected chi connectivity index (χ4v) is 2.76. The van der Waals surface area contributed by atoms with E-state index in [2.05, 4.69) is 0 Å². The van der Waals surface area contributed by atoms with E-state index < -0.39 is 11.6 Å². The van der Waals surface area contributed by atoms with Gasteiger partial charge in [0.2, 0.25) is 0 Å². The summed E-state index contributed by atoms with van der Waals surface area (Å²) < 4.78 is 11.1. The van der Waals surface area contributed by atoms with Crippen molar-refractivity contribution in [3.05, 3.63) is 47.0 Å². The summed E-state index contributed by atoms with van der Waals surface area (Å²) in [5.41, 5.74) is -0.435. The molecule has 0 bridgehead atoms. The van der Waals surface area contributed by atoms with Crippen LogP contribution in [-0.4, -0.2) is 30.1 Å². The summed E-state index contributed by atoms with van der Waals surface area (Å²) in [5, 5.41) is 0.477. The molecule has 0 N–H and O–H groups in total. The molecule has 104 valence electrons. The van der Waals surface area contributed by atoms with Crippen LogP contribution in [0.15, 0.2) is 36.4 Å². The molecule has 1 aromatic carbocycles. The first kappa shape index (κ1) is 13.3. The lowest BCUT2D eigenvalue weighted by molar-refractivity contribution is -0.121. The molecule has 4 nitrogen and oxygen atoms in total. The third kappa shape index (κ3) is 2.37. The number of esters is 1. The van der Waals surface area contributed by atoms with E-state index in [1.165, 1.54) is 6.08 Å². The van der Waals surface area contributed by atoms with Gasteiger partial charge in [0.25, 0.3) is 0 Å². The molecule has 1 heterocycles. The number of allylic oxidation sites excluding steroid dienone is 1. The number of hydrogen-bond donors (Lipinski definition) is 0. The number of benzene rings is 1. The van der Waals surface area contributed by atoms with Gasteiger partial charge in [0, 0.05) is 17.9 Å². The first-order valence-corrected chi connectivity index (χ1v) is 6.79. The average molecular weight is 293 g/mol. The van der Waals surface area contributed by atoms with Gasteiger partial charge < -0.3 is 9.47 Å². The Morgan fingerprint density at radius 2 is 2.30 bits per heavy atom. The Labute approximate surface area is 121 Å². The first-order valence-electron chi connectivity index (χ1n) is 6.42. The second-order valence-electron chi connectivity index (χ2n) is 4.97. The van der Waals surface area contributed by atoms with Gasteiger partial charge in [0.1, 0.15) is 6.10 Å². The van der Waals surface area contributed by atoms with E-state index in [0.29, 0.717) is 23.6 Å². The maximum atomic E-state index is 12.2. The molecule has 0 amide bonds. The first-order chi connectivity index (χ1) is 9.59. The van der Waals surface area contributed by atoms with Gasteiger partial charge >= 0.3 is 5.97 Å². The summed E-state index contributed by atoms with van der Waals surface area (Å²) >= 11 is 5.87. The Morgan fingerprint density at radius 1 is 1.45 bits per heavy atom. The van der Waals surface area contributed by atoms with Crippen LogP contribution in [0.2, 0.25) is 5.02 Å². The van der Waals surface area contributed by atoms with Crippen LogP contribution < -0.4 is 0 Å². The Hall–Kier alpha value is -1.65. The predicted octanol–water partition coefficient (Wildman–Crippen LogP) is 2.55. The summed E-state index contributed by atoms with van der Waals surface area (Å²) in [7, 11) is 0. The number of ketones is 1. The van der Waals surface area contributed by atoms with E-state index in [0.717, 1.165) is 0 Å². The largest absolute Gasteiger partial charge is 0.448 e. The molecule has 0 aromatic heterocycles. The van der Waals surface area contributed by atoms with E-state index in [-0.39, 0.29) is 18.3 Å². The highest BCUT2D eigenvalue weighted by Crippen LogP contribution is 2.37. The minimum Gasteiger partial charge on any atom is -0.448 e. The number of hydrogen-bond acceptors (Lipinski definition) is 4. The van der Waals surface area contributed by atoms with Crippen molar-refractivity contribution in [3.8, 4) is 0 Å². The van der Waals surface area contributed by atoms with Crippen LogP contribution in [0, 0.1) is 0 Å². The molecular formula is C15H13ClO4. The summed E-state index contributed by atoms with van der Waals surface area (Å²) in [6.45, 7) is 0.477. The number of ether oxygens (including phenoxy) is 2. The number of halogens is 1. The molecule has 1 saturated heterocycles. The topological polar surface area (TPSA) is 52.6 Å².